The van der Waals surface area contributed by atoms with E-state index in [1.54, 1.807) is 0 Å². The molecule has 0 fully saturated rings. The third-order valence-corrected chi connectivity index (χ3v) is 3.73. The first-order valence-electron chi connectivity index (χ1n) is 4.90. The first kappa shape index (κ1) is 18.6. The topological polar surface area (TPSA) is 93.6 Å². The Morgan fingerprint density at radius 2 is 1.73 bits per heavy atom. The molecule has 6 nitrogen and oxygen atoms in total. The van der Waals surface area contributed by atoms with Crippen LogP contribution in [0, 0.1) is 0 Å². The average molecular weight is 373 g/mol. The lowest BCUT2D eigenvalue weighted by atomic mass is 10.1. The summed E-state index contributed by atoms with van der Waals surface area (Å²) in [6, 6.07) is 0. The van der Waals surface area contributed by atoms with Crippen molar-refractivity contribution in [3.8, 4) is 0 Å². The molecule has 1 aromatic rings. The summed E-state index contributed by atoms with van der Waals surface area (Å²) in [6.45, 7) is 0. The second-order valence-corrected chi connectivity index (χ2v) is 6.14. The van der Waals surface area contributed by atoms with Gasteiger partial charge in [0, 0.05) is 0 Å². The van der Waals surface area contributed by atoms with Crippen molar-refractivity contribution < 1.29 is 48.8 Å². The predicted molar refractivity (Wildman–Crippen MR) is 58.8 cm³/mol. The summed E-state index contributed by atoms with van der Waals surface area (Å²) in [6.07, 6.45) is -12.1. The average Bonchev–Trinajstić information content (AvgIpc) is 2.75. The number of rotatable bonds is 4. The van der Waals surface area contributed by atoms with E-state index in [2.05, 4.69) is 9.72 Å². The van der Waals surface area contributed by atoms with Crippen molar-refractivity contribution in [3.05, 3.63) is 16.6 Å². The van der Waals surface area contributed by atoms with E-state index in [0.29, 0.717) is 17.5 Å². The lowest BCUT2D eigenvalue weighted by Crippen LogP contribution is -2.63. The van der Waals surface area contributed by atoms with Crippen LogP contribution in [0.3, 0.4) is 0 Å². The predicted octanol–water partition coefficient (Wildman–Crippen LogP) is 2.05. The van der Waals surface area contributed by atoms with Gasteiger partial charge in [-0.1, -0.05) is 0 Å². The molecule has 0 spiro atoms. The summed E-state index contributed by atoms with van der Waals surface area (Å²) in [5.74, 6) is -5.00. The van der Waals surface area contributed by atoms with Crippen LogP contribution in [0.15, 0.2) is 11.7 Å². The van der Waals surface area contributed by atoms with Crippen molar-refractivity contribution >= 4 is 27.4 Å². The number of esters is 1. The molecule has 126 valence electrons. The summed E-state index contributed by atoms with van der Waals surface area (Å²) >= 11 is 0.379. The quantitative estimate of drug-likeness (QED) is 0.493. The van der Waals surface area contributed by atoms with Crippen LogP contribution in [-0.4, -0.2) is 47.6 Å². The fourth-order valence-corrected chi connectivity index (χ4v) is 2.65. The van der Waals surface area contributed by atoms with Gasteiger partial charge in [0.25, 0.3) is 10.1 Å². The first-order valence-corrected chi connectivity index (χ1v) is 7.39. The molecule has 0 aromatic carbocycles. The van der Waals surface area contributed by atoms with Gasteiger partial charge in [-0.15, -0.1) is 11.3 Å². The largest absolute Gasteiger partial charge is 0.438 e. The molecule has 1 N–H and O–H groups in total. The van der Waals surface area contributed by atoms with E-state index in [1.165, 1.54) is 0 Å². The van der Waals surface area contributed by atoms with Crippen LogP contribution in [0.2, 0.25) is 0 Å². The van der Waals surface area contributed by atoms with E-state index in [0.717, 1.165) is 5.51 Å². The third-order valence-electron chi connectivity index (χ3n) is 2.20. The molecule has 0 aliphatic rings. The lowest BCUT2D eigenvalue weighted by molar-refractivity contribution is -0.356. The maximum absolute atomic E-state index is 12.8. The third kappa shape index (κ3) is 3.86. The second kappa shape index (κ2) is 5.66. The number of aromatic nitrogens is 1. The van der Waals surface area contributed by atoms with E-state index in [4.69, 9.17) is 4.55 Å². The molecule has 1 aromatic heterocycles. The van der Waals surface area contributed by atoms with E-state index < -0.39 is 44.7 Å². The SMILES string of the molecule is O=C(OC(CS(=O)(=O)O)(C(F)(F)F)C(F)(F)F)c1cncs1. The highest BCUT2D eigenvalue weighted by Crippen LogP contribution is 2.47. The number of hydrogen-bond acceptors (Lipinski definition) is 6. The molecule has 0 aliphatic heterocycles. The zero-order valence-electron chi connectivity index (χ0n) is 9.97. The molecule has 0 amide bonds. The highest BCUT2D eigenvalue weighted by atomic mass is 32.2. The zero-order valence-corrected chi connectivity index (χ0v) is 11.6. The molecule has 1 heterocycles. The Labute approximate surface area is 122 Å². The molecular formula is C8H5F6NO5S2. The second-order valence-electron chi connectivity index (χ2n) is 3.80. The van der Waals surface area contributed by atoms with Crippen molar-refractivity contribution in [1.29, 1.82) is 0 Å². The summed E-state index contributed by atoms with van der Waals surface area (Å²) in [4.78, 5) is 13.9. The molecular weight excluding hydrogens is 368 g/mol. The Bertz CT molecular complexity index is 621. The molecule has 14 heteroatoms. The van der Waals surface area contributed by atoms with Gasteiger partial charge < -0.3 is 4.74 Å². The Morgan fingerprint density at radius 1 is 1.23 bits per heavy atom. The number of alkyl halides is 6. The van der Waals surface area contributed by atoms with Gasteiger partial charge in [0.1, 0.15) is 10.6 Å². The van der Waals surface area contributed by atoms with Crippen LogP contribution >= 0.6 is 11.3 Å². The molecule has 0 atom stereocenters. The number of nitrogens with zero attached hydrogens (tertiary/aromatic N) is 1. The molecule has 0 aliphatic carbocycles. The van der Waals surface area contributed by atoms with Crippen LogP contribution in [0.1, 0.15) is 9.67 Å². The van der Waals surface area contributed by atoms with Gasteiger partial charge in [-0.05, 0) is 0 Å². The molecule has 0 bridgehead atoms. The number of ether oxygens (including phenoxy) is 1. The van der Waals surface area contributed by atoms with Gasteiger partial charge in [-0.25, -0.2) is 4.79 Å². The van der Waals surface area contributed by atoms with Crippen LogP contribution in [0.5, 0.6) is 0 Å². The van der Waals surface area contributed by atoms with Crippen molar-refractivity contribution in [2.24, 2.45) is 0 Å². The van der Waals surface area contributed by atoms with E-state index in [1.807, 2.05) is 0 Å². The van der Waals surface area contributed by atoms with Crippen LogP contribution < -0.4 is 0 Å². The van der Waals surface area contributed by atoms with E-state index in [9.17, 15) is 39.6 Å². The number of halogens is 6. The van der Waals surface area contributed by atoms with E-state index >= 15 is 0 Å². The summed E-state index contributed by atoms with van der Waals surface area (Å²) < 4.78 is 110. The highest BCUT2D eigenvalue weighted by Gasteiger charge is 2.76. The standard InChI is InChI=1S/C8H5F6NO5S2/c9-7(10,11)6(8(12,13)14,2-22(17,18)19)20-5(16)4-1-15-3-21-4/h1,3H,2H2,(H,17,18,19). The number of carbonyl (C=O) groups excluding carboxylic acids is 1. The van der Waals surface area contributed by atoms with E-state index in [-0.39, 0.29) is 0 Å². The zero-order chi connectivity index (χ0) is 17.4. The first-order chi connectivity index (χ1) is 9.70. The molecule has 1 rings (SSSR count). The van der Waals surface area contributed by atoms with Gasteiger partial charge in [-0.2, -0.15) is 34.8 Å². The van der Waals surface area contributed by atoms with Gasteiger partial charge >= 0.3 is 23.9 Å². The van der Waals surface area contributed by atoms with Gasteiger partial charge in [-0.3, -0.25) is 9.54 Å². The maximum Gasteiger partial charge on any atom is 0.438 e. The number of carbonyl (C=O) groups is 1. The number of thiazole rings is 1. The van der Waals surface area contributed by atoms with Crippen molar-refractivity contribution in [3.63, 3.8) is 0 Å². The highest BCUT2D eigenvalue weighted by molar-refractivity contribution is 7.85. The van der Waals surface area contributed by atoms with Crippen molar-refractivity contribution in [2.75, 3.05) is 5.75 Å². The van der Waals surface area contributed by atoms with Crippen LogP contribution in [0.4, 0.5) is 26.3 Å². The minimum Gasteiger partial charge on any atom is -0.434 e. The monoisotopic (exact) mass is 373 g/mol. The summed E-state index contributed by atoms with van der Waals surface area (Å²) in [7, 11) is -5.79. The van der Waals surface area contributed by atoms with Gasteiger partial charge in [0.15, 0.2) is 0 Å². The Kier molecular flexibility index (Phi) is 4.79. The molecule has 0 unspecified atom stereocenters. The normalized spacial score (nSPS) is 14.0. The maximum atomic E-state index is 12.8. The summed E-state index contributed by atoms with van der Waals surface area (Å²) in [5, 5.41) is 0. The van der Waals surface area contributed by atoms with Crippen molar-refractivity contribution in [2.45, 2.75) is 18.0 Å². The smallest absolute Gasteiger partial charge is 0.434 e. The van der Waals surface area contributed by atoms with Gasteiger partial charge in [0.2, 0.25) is 0 Å². The fraction of sp³-hybridized carbons (Fsp3) is 0.500. The van der Waals surface area contributed by atoms with Gasteiger partial charge in [0.05, 0.1) is 11.7 Å². The number of hydrogen-bond donors (Lipinski definition) is 1. The molecule has 0 saturated carbocycles. The van der Waals surface area contributed by atoms with Crippen molar-refractivity contribution in [1.82, 2.24) is 4.98 Å². The lowest BCUT2D eigenvalue weighted by Gasteiger charge is -2.35. The fourth-order valence-electron chi connectivity index (χ4n) is 1.25. The van der Waals surface area contributed by atoms with Crippen LogP contribution in [-0.2, 0) is 14.9 Å². The van der Waals surface area contributed by atoms with Crippen LogP contribution in [0.25, 0.3) is 0 Å². The Morgan fingerprint density at radius 3 is 2.05 bits per heavy atom. The minimum absolute atomic E-state index is 0.379. The molecule has 0 saturated heterocycles. The molecule has 0 radical (unpaired) electrons. The Hall–Kier alpha value is -1.41. The Balaban J connectivity index is 3.40. The minimum atomic E-state index is -6.35. The molecule has 22 heavy (non-hydrogen) atoms. The summed E-state index contributed by atoms with van der Waals surface area (Å²) in [5.41, 5.74) is -4.48.